The Morgan fingerprint density at radius 1 is 1.15 bits per heavy atom. The van der Waals surface area contributed by atoms with E-state index in [4.69, 9.17) is 9.47 Å². The number of Topliss-reactive ketones (excluding diaryl/α,β-unsaturated/α-hetero) is 1. The smallest absolute Gasteiger partial charge is 0.231 e. The number of ketones is 1. The van der Waals surface area contributed by atoms with E-state index in [9.17, 15) is 4.79 Å². The molecule has 0 radical (unpaired) electrons. The number of allylic oxidation sites excluding steroid dienone is 1. The highest BCUT2D eigenvalue weighted by Crippen LogP contribution is 2.43. The summed E-state index contributed by atoms with van der Waals surface area (Å²) < 4.78 is 11.9. The van der Waals surface area contributed by atoms with Gasteiger partial charge in [-0.1, -0.05) is 31.2 Å². The zero-order chi connectivity index (χ0) is 17.7. The van der Waals surface area contributed by atoms with E-state index in [1.807, 2.05) is 30.3 Å². The molecule has 3 aliphatic rings. The van der Waals surface area contributed by atoms with Crippen molar-refractivity contribution in [2.24, 2.45) is 0 Å². The van der Waals surface area contributed by atoms with Gasteiger partial charge in [0.1, 0.15) is 18.2 Å². The molecular weight excluding hydrogens is 326 g/mol. The summed E-state index contributed by atoms with van der Waals surface area (Å²) in [6.45, 7) is 3.54. The molecule has 1 saturated carbocycles. The van der Waals surface area contributed by atoms with Gasteiger partial charge < -0.3 is 9.47 Å². The zero-order valence-electron chi connectivity index (χ0n) is 14.8. The molecule has 1 aliphatic carbocycles. The van der Waals surface area contributed by atoms with Gasteiger partial charge in [0.2, 0.25) is 5.78 Å². The van der Waals surface area contributed by atoms with Crippen molar-refractivity contribution in [3.8, 4) is 11.5 Å². The second-order valence-electron chi connectivity index (χ2n) is 7.21. The number of rotatable bonds is 3. The van der Waals surface area contributed by atoms with E-state index >= 15 is 0 Å². The fourth-order valence-electron chi connectivity index (χ4n) is 3.65. The number of aryl methyl sites for hydroxylation is 1. The van der Waals surface area contributed by atoms with Crippen molar-refractivity contribution < 1.29 is 14.3 Å². The second-order valence-corrected chi connectivity index (χ2v) is 7.21. The average molecular weight is 347 g/mol. The molecular formula is C22H21NO3. The van der Waals surface area contributed by atoms with E-state index < -0.39 is 0 Å². The average Bonchev–Trinajstić information content (AvgIpc) is 3.48. The lowest BCUT2D eigenvalue weighted by molar-refractivity contribution is 0.0868. The van der Waals surface area contributed by atoms with Crippen LogP contribution in [0.25, 0.3) is 6.08 Å². The molecule has 1 fully saturated rings. The Kier molecular flexibility index (Phi) is 3.61. The molecule has 2 aromatic carbocycles. The topological polar surface area (TPSA) is 38.8 Å². The van der Waals surface area contributed by atoms with E-state index in [0.29, 0.717) is 29.8 Å². The molecule has 4 heteroatoms. The molecule has 5 rings (SSSR count). The molecule has 0 amide bonds. The minimum Gasteiger partial charge on any atom is -0.478 e. The molecule has 26 heavy (non-hydrogen) atoms. The standard InChI is InChI=1S/C22H21NO3/c1-2-14-3-5-15(6-4-14)11-20-21(24)17-9-10-19-18(22(17)26-20)12-23(13-25-19)16-7-8-16/h3-6,9-11,16H,2,7-8,12-13H2,1H3/b20-11-. The predicted octanol–water partition coefficient (Wildman–Crippen LogP) is 4.18. The summed E-state index contributed by atoms with van der Waals surface area (Å²) in [7, 11) is 0. The monoisotopic (exact) mass is 347 g/mol. The van der Waals surface area contributed by atoms with Gasteiger partial charge in [-0.25, -0.2) is 0 Å². The van der Waals surface area contributed by atoms with Crippen LogP contribution in [-0.2, 0) is 13.0 Å². The van der Waals surface area contributed by atoms with Gasteiger partial charge in [0.15, 0.2) is 5.76 Å². The number of nitrogens with zero attached hydrogens (tertiary/aromatic N) is 1. The molecule has 0 aromatic heterocycles. The Bertz CT molecular complexity index is 910. The van der Waals surface area contributed by atoms with E-state index in [1.165, 1.54) is 18.4 Å². The molecule has 0 saturated heterocycles. The zero-order valence-corrected chi connectivity index (χ0v) is 14.8. The maximum atomic E-state index is 12.8. The molecule has 2 aliphatic heterocycles. The first kappa shape index (κ1) is 15.6. The van der Waals surface area contributed by atoms with Crippen molar-refractivity contribution in [3.05, 3.63) is 64.4 Å². The van der Waals surface area contributed by atoms with Crippen LogP contribution in [0.5, 0.6) is 11.5 Å². The predicted molar refractivity (Wildman–Crippen MR) is 99.3 cm³/mol. The van der Waals surface area contributed by atoms with Crippen molar-refractivity contribution in [2.45, 2.75) is 38.8 Å². The van der Waals surface area contributed by atoms with E-state index in [-0.39, 0.29) is 5.78 Å². The largest absolute Gasteiger partial charge is 0.478 e. The Morgan fingerprint density at radius 3 is 2.69 bits per heavy atom. The third-order valence-electron chi connectivity index (χ3n) is 5.39. The van der Waals surface area contributed by atoms with Crippen molar-refractivity contribution in [2.75, 3.05) is 6.73 Å². The molecule has 0 spiro atoms. The summed E-state index contributed by atoms with van der Waals surface area (Å²) >= 11 is 0. The Labute approximate surface area is 153 Å². The minimum atomic E-state index is -0.0501. The summed E-state index contributed by atoms with van der Waals surface area (Å²) in [5, 5.41) is 0. The third kappa shape index (κ3) is 2.61. The van der Waals surface area contributed by atoms with Crippen LogP contribution in [0.15, 0.2) is 42.2 Å². The van der Waals surface area contributed by atoms with Crippen LogP contribution in [-0.4, -0.2) is 23.5 Å². The third-order valence-corrected chi connectivity index (χ3v) is 5.39. The van der Waals surface area contributed by atoms with Gasteiger partial charge in [-0.05, 0) is 48.6 Å². The lowest BCUT2D eigenvalue weighted by atomic mass is 10.0. The summed E-state index contributed by atoms with van der Waals surface area (Å²) in [5.41, 5.74) is 3.89. The SMILES string of the molecule is CCc1ccc(/C=C2\Oc3c(ccc4c3CN(C3CC3)CO4)C2=O)cc1. The van der Waals surface area contributed by atoms with Gasteiger partial charge in [-0.15, -0.1) is 0 Å². The second kappa shape index (κ2) is 5.99. The van der Waals surface area contributed by atoms with Crippen molar-refractivity contribution >= 4 is 11.9 Å². The van der Waals surface area contributed by atoms with Crippen molar-refractivity contribution in [1.29, 1.82) is 0 Å². The molecule has 4 nitrogen and oxygen atoms in total. The molecule has 132 valence electrons. The van der Waals surface area contributed by atoms with Gasteiger partial charge in [0.25, 0.3) is 0 Å². The first-order chi connectivity index (χ1) is 12.7. The fourth-order valence-corrected chi connectivity index (χ4v) is 3.65. The van der Waals surface area contributed by atoms with Gasteiger partial charge >= 0.3 is 0 Å². The lowest BCUT2D eigenvalue weighted by Crippen LogP contribution is -2.33. The Balaban J connectivity index is 1.47. The van der Waals surface area contributed by atoms with Crippen LogP contribution >= 0.6 is 0 Å². The number of hydrogen-bond donors (Lipinski definition) is 0. The fraction of sp³-hybridized carbons (Fsp3) is 0.318. The summed E-state index contributed by atoms with van der Waals surface area (Å²) in [6, 6.07) is 12.6. The number of carbonyl (C=O) groups excluding carboxylic acids is 1. The van der Waals surface area contributed by atoms with E-state index in [0.717, 1.165) is 29.8 Å². The minimum absolute atomic E-state index is 0.0501. The van der Waals surface area contributed by atoms with Crippen LogP contribution < -0.4 is 9.47 Å². The summed E-state index contributed by atoms with van der Waals surface area (Å²) in [5.74, 6) is 1.85. The summed E-state index contributed by atoms with van der Waals surface area (Å²) in [4.78, 5) is 15.1. The van der Waals surface area contributed by atoms with Crippen LogP contribution in [0.3, 0.4) is 0 Å². The quantitative estimate of drug-likeness (QED) is 0.781. The van der Waals surface area contributed by atoms with Crippen LogP contribution in [0.4, 0.5) is 0 Å². The van der Waals surface area contributed by atoms with E-state index in [2.05, 4.69) is 24.0 Å². The summed E-state index contributed by atoms with van der Waals surface area (Å²) in [6.07, 6.45) is 5.29. The number of fused-ring (bicyclic) bond motifs is 3. The lowest BCUT2D eigenvalue weighted by Gasteiger charge is -2.29. The molecule has 2 aromatic rings. The van der Waals surface area contributed by atoms with Crippen molar-refractivity contribution in [1.82, 2.24) is 4.90 Å². The first-order valence-corrected chi connectivity index (χ1v) is 9.29. The highest BCUT2D eigenvalue weighted by molar-refractivity contribution is 6.15. The van der Waals surface area contributed by atoms with E-state index in [1.54, 1.807) is 0 Å². The number of ether oxygens (including phenoxy) is 2. The van der Waals surface area contributed by atoms with Crippen LogP contribution in [0, 0.1) is 0 Å². The Hall–Kier alpha value is -2.59. The number of benzene rings is 2. The molecule has 0 N–H and O–H groups in total. The first-order valence-electron chi connectivity index (χ1n) is 9.29. The van der Waals surface area contributed by atoms with Crippen molar-refractivity contribution in [3.63, 3.8) is 0 Å². The normalized spacial score (nSPS) is 20.5. The highest BCUT2D eigenvalue weighted by atomic mass is 16.5. The van der Waals surface area contributed by atoms with Gasteiger partial charge in [-0.2, -0.15) is 0 Å². The molecule has 0 bridgehead atoms. The highest BCUT2D eigenvalue weighted by Gasteiger charge is 2.37. The maximum Gasteiger partial charge on any atom is 0.231 e. The number of carbonyl (C=O) groups is 1. The molecule has 0 atom stereocenters. The molecule has 0 unspecified atom stereocenters. The molecule has 2 heterocycles. The Morgan fingerprint density at radius 2 is 1.96 bits per heavy atom. The number of hydrogen-bond acceptors (Lipinski definition) is 4. The van der Waals surface area contributed by atoms with Gasteiger partial charge in [0, 0.05) is 12.6 Å². The van der Waals surface area contributed by atoms with Gasteiger partial charge in [0.05, 0.1) is 11.1 Å². The van der Waals surface area contributed by atoms with Gasteiger partial charge in [-0.3, -0.25) is 9.69 Å². The maximum absolute atomic E-state index is 12.8. The van der Waals surface area contributed by atoms with Crippen LogP contribution in [0.2, 0.25) is 0 Å². The van der Waals surface area contributed by atoms with Crippen LogP contribution in [0.1, 0.15) is 46.8 Å².